The summed E-state index contributed by atoms with van der Waals surface area (Å²) < 4.78 is 41.4. The van der Waals surface area contributed by atoms with Crippen LogP contribution in [0.4, 0.5) is 13.2 Å². The summed E-state index contributed by atoms with van der Waals surface area (Å²) in [5, 5.41) is 4.38. The fraction of sp³-hybridized carbons (Fsp3) is 0.286. The van der Waals surface area contributed by atoms with Crippen LogP contribution in [0.5, 0.6) is 5.75 Å². The standard InChI is InChI=1S/C21H20F3N3O.2ClH/c22-21(23,24)28-17-8-5-16(6-9-17)20(27-13-11-25-12-14-27)19-10-7-15-3-1-2-4-18(15)26-19;;/h1-10,20,25H,11-14H2;2*1H/t20-;;/m0../s1. The van der Waals surface area contributed by atoms with Gasteiger partial charge >= 0.3 is 6.36 Å². The summed E-state index contributed by atoms with van der Waals surface area (Å²) in [5.41, 5.74) is 2.67. The molecule has 4 nitrogen and oxygen atoms in total. The molecule has 1 aliphatic heterocycles. The van der Waals surface area contributed by atoms with E-state index in [0.29, 0.717) is 0 Å². The van der Waals surface area contributed by atoms with E-state index in [1.807, 2.05) is 36.4 Å². The van der Waals surface area contributed by atoms with Crippen LogP contribution >= 0.6 is 24.8 Å². The number of halogens is 5. The van der Waals surface area contributed by atoms with Crippen molar-refractivity contribution >= 4 is 35.7 Å². The van der Waals surface area contributed by atoms with Crippen LogP contribution in [0.3, 0.4) is 0 Å². The summed E-state index contributed by atoms with van der Waals surface area (Å²) >= 11 is 0. The van der Waals surface area contributed by atoms with Crippen molar-refractivity contribution in [3.63, 3.8) is 0 Å². The first-order valence-electron chi connectivity index (χ1n) is 9.16. The fourth-order valence-corrected chi connectivity index (χ4v) is 3.59. The highest BCUT2D eigenvalue weighted by molar-refractivity contribution is 5.85. The van der Waals surface area contributed by atoms with Gasteiger partial charge in [0.25, 0.3) is 0 Å². The van der Waals surface area contributed by atoms with Gasteiger partial charge in [0, 0.05) is 31.6 Å². The maximum absolute atomic E-state index is 12.5. The second kappa shape index (κ2) is 10.3. The number of ether oxygens (including phenoxy) is 1. The second-order valence-corrected chi connectivity index (χ2v) is 6.73. The maximum atomic E-state index is 12.5. The van der Waals surface area contributed by atoms with Crippen molar-refractivity contribution in [1.29, 1.82) is 0 Å². The van der Waals surface area contributed by atoms with Crippen LogP contribution in [0, 0.1) is 0 Å². The Morgan fingerprint density at radius 1 is 0.900 bits per heavy atom. The Labute approximate surface area is 185 Å². The van der Waals surface area contributed by atoms with Crippen LogP contribution < -0.4 is 10.1 Å². The van der Waals surface area contributed by atoms with Gasteiger partial charge in [0.2, 0.25) is 0 Å². The van der Waals surface area contributed by atoms with Gasteiger partial charge in [-0.25, -0.2) is 0 Å². The molecule has 1 fully saturated rings. The molecule has 2 aromatic carbocycles. The first kappa shape index (κ1) is 24.2. The van der Waals surface area contributed by atoms with Gasteiger partial charge in [0.05, 0.1) is 17.3 Å². The molecule has 0 aliphatic carbocycles. The maximum Gasteiger partial charge on any atom is 0.573 e. The van der Waals surface area contributed by atoms with Gasteiger partial charge < -0.3 is 10.1 Å². The minimum atomic E-state index is -4.70. The summed E-state index contributed by atoms with van der Waals surface area (Å²) in [5.74, 6) is -0.221. The second-order valence-electron chi connectivity index (χ2n) is 6.73. The molecule has 1 atom stereocenters. The van der Waals surface area contributed by atoms with E-state index in [0.717, 1.165) is 48.3 Å². The lowest BCUT2D eigenvalue weighted by Gasteiger charge is -2.35. The van der Waals surface area contributed by atoms with Gasteiger partial charge in [-0.1, -0.05) is 36.4 Å². The number of hydrogen-bond acceptors (Lipinski definition) is 4. The summed E-state index contributed by atoms with van der Waals surface area (Å²) in [6.07, 6.45) is -4.70. The SMILES string of the molecule is Cl.Cl.FC(F)(F)Oc1ccc([C@@H](c2ccc3ccccc3n2)N2CCNCC2)cc1. The van der Waals surface area contributed by atoms with Gasteiger partial charge in [-0.15, -0.1) is 38.0 Å². The fourth-order valence-electron chi connectivity index (χ4n) is 3.59. The molecular formula is C21H22Cl2F3N3O. The van der Waals surface area contributed by atoms with Crippen LogP contribution in [0.2, 0.25) is 0 Å². The van der Waals surface area contributed by atoms with E-state index >= 15 is 0 Å². The van der Waals surface area contributed by atoms with Gasteiger partial charge in [-0.3, -0.25) is 9.88 Å². The van der Waals surface area contributed by atoms with E-state index in [1.54, 1.807) is 12.1 Å². The molecule has 1 aromatic heterocycles. The molecule has 1 aliphatic rings. The topological polar surface area (TPSA) is 37.4 Å². The van der Waals surface area contributed by atoms with Gasteiger partial charge in [0.15, 0.2) is 0 Å². The third-order valence-corrected chi connectivity index (χ3v) is 4.85. The summed E-state index contributed by atoms with van der Waals surface area (Å²) in [6.45, 7) is 3.39. The van der Waals surface area contributed by atoms with Crippen molar-refractivity contribution in [2.24, 2.45) is 0 Å². The Kier molecular flexibility index (Phi) is 8.32. The van der Waals surface area contributed by atoms with Crippen LogP contribution in [0.25, 0.3) is 10.9 Å². The third kappa shape index (κ3) is 5.76. The number of nitrogens with zero attached hydrogens (tertiary/aromatic N) is 2. The Morgan fingerprint density at radius 3 is 2.23 bits per heavy atom. The van der Waals surface area contributed by atoms with Crippen molar-refractivity contribution in [3.05, 3.63) is 71.9 Å². The first-order chi connectivity index (χ1) is 13.5. The molecule has 2 heterocycles. The molecule has 0 unspecified atom stereocenters. The molecule has 4 rings (SSSR count). The minimum absolute atomic E-state index is 0. The molecule has 0 saturated carbocycles. The summed E-state index contributed by atoms with van der Waals surface area (Å²) in [7, 11) is 0. The number of aromatic nitrogens is 1. The lowest BCUT2D eigenvalue weighted by molar-refractivity contribution is -0.274. The van der Waals surface area contributed by atoms with Gasteiger partial charge in [-0.2, -0.15) is 0 Å². The quantitative estimate of drug-likeness (QED) is 0.597. The van der Waals surface area contributed by atoms with Crippen molar-refractivity contribution in [1.82, 2.24) is 15.2 Å². The van der Waals surface area contributed by atoms with Crippen molar-refractivity contribution in [3.8, 4) is 5.75 Å². The predicted octanol–water partition coefficient (Wildman–Crippen LogP) is 4.97. The van der Waals surface area contributed by atoms with Crippen LogP contribution in [-0.2, 0) is 0 Å². The van der Waals surface area contributed by atoms with E-state index in [9.17, 15) is 13.2 Å². The number of rotatable bonds is 4. The number of benzene rings is 2. The van der Waals surface area contributed by atoms with E-state index < -0.39 is 6.36 Å². The zero-order chi connectivity index (χ0) is 19.6. The third-order valence-electron chi connectivity index (χ3n) is 4.85. The number of pyridine rings is 1. The highest BCUT2D eigenvalue weighted by Crippen LogP contribution is 2.31. The Balaban J connectivity index is 0.00000160. The zero-order valence-electron chi connectivity index (χ0n) is 15.9. The average Bonchev–Trinajstić information content (AvgIpc) is 2.69. The molecule has 0 amide bonds. The molecular weight excluding hydrogens is 438 g/mol. The predicted molar refractivity (Wildman–Crippen MR) is 116 cm³/mol. The number of para-hydroxylation sites is 1. The van der Waals surface area contributed by atoms with Crippen LogP contribution in [-0.4, -0.2) is 42.4 Å². The molecule has 3 aromatic rings. The number of hydrogen-bond donors (Lipinski definition) is 1. The summed E-state index contributed by atoms with van der Waals surface area (Å²) in [6, 6.07) is 17.9. The number of fused-ring (bicyclic) bond motifs is 1. The highest BCUT2D eigenvalue weighted by Gasteiger charge is 2.31. The molecule has 30 heavy (non-hydrogen) atoms. The molecule has 1 N–H and O–H groups in total. The van der Waals surface area contributed by atoms with Crippen molar-refractivity contribution in [2.75, 3.05) is 26.2 Å². The van der Waals surface area contributed by atoms with Gasteiger partial charge in [0.1, 0.15) is 5.75 Å². The van der Waals surface area contributed by atoms with Crippen molar-refractivity contribution < 1.29 is 17.9 Å². The Hall–Kier alpha value is -2.06. The number of piperazine rings is 1. The smallest absolute Gasteiger partial charge is 0.406 e. The molecule has 162 valence electrons. The molecule has 9 heteroatoms. The Morgan fingerprint density at radius 2 is 1.57 bits per heavy atom. The number of alkyl halides is 3. The van der Waals surface area contributed by atoms with E-state index in [2.05, 4.69) is 15.0 Å². The summed E-state index contributed by atoms with van der Waals surface area (Å²) in [4.78, 5) is 7.13. The molecule has 1 saturated heterocycles. The Bertz CT molecular complexity index is 948. The van der Waals surface area contributed by atoms with E-state index in [1.165, 1.54) is 12.1 Å². The van der Waals surface area contributed by atoms with Crippen LogP contribution in [0.1, 0.15) is 17.3 Å². The monoisotopic (exact) mass is 459 g/mol. The minimum Gasteiger partial charge on any atom is -0.406 e. The largest absolute Gasteiger partial charge is 0.573 e. The van der Waals surface area contributed by atoms with E-state index in [4.69, 9.17) is 4.98 Å². The number of nitrogens with one attached hydrogen (secondary N) is 1. The molecule has 0 radical (unpaired) electrons. The van der Waals surface area contributed by atoms with Crippen LogP contribution in [0.15, 0.2) is 60.7 Å². The molecule has 0 bridgehead atoms. The zero-order valence-corrected chi connectivity index (χ0v) is 17.6. The lowest BCUT2D eigenvalue weighted by atomic mass is 9.99. The van der Waals surface area contributed by atoms with Crippen molar-refractivity contribution in [2.45, 2.75) is 12.4 Å². The molecule has 0 spiro atoms. The first-order valence-corrected chi connectivity index (χ1v) is 9.16. The van der Waals surface area contributed by atoms with Gasteiger partial charge in [-0.05, 0) is 29.8 Å². The average molecular weight is 460 g/mol. The lowest BCUT2D eigenvalue weighted by Crippen LogP contribution is -2.45. The highest BCUT2D eigenvalue weighted by atomic mass is 35.5. The van der Waals surface area contributed by atoms with E-state index in [-0.39, 0.29) is 36.6 Å². The normalized spacial score (nSPS) is 15.7.